The van der Waals surface area contributed by atoms with Gasteiger partial charge in [0, 0.05) is 36.9 Å². The van der Waals surface area contributed by atoms with Crippen molar-refractivity contribution in [3.05, 3.63) is 64.0 Å². The first kappa shape index (κ1) is 16.0. The van der Waals surface area contributed by atoms with Gasteiger partial charge in [-0.15, -0.1) is 0 Å². The number of para-hydroxylation sites is 1. The summed E-state index contributed by atoms with van der Waals surface area (Å²) in [5, 5.41) is 4.94. The zero-order valence-electron chi connectivity index (χ0n) is 14.2. The summed E-state index contributed by atoms with van der Waals surface area (Å²) in [6, 6.07) is 8.46. The SMILES string of the molecule is Cn1ccc([C@H]2CCCCN2Cc2cc(=O)c3cccc(F)c3[nH]2)n1. The van der Waals surface area contributed by atoms with Gasteiger partial charge in [0.1, 0.15) is 5.82 Å². The molecule has 0 unspecified atom stereocenters. The number of aryl methyl sites for hydroxylation is 1. The highest BCUT2D eigenvalue weighted by Gasteiger charge is 2.26. The van der Waals surface area contributed by atoms with E-state index in [2.05, 4.69) is 15.0 Å². The van der Waals surface area contributed by atoms with Crippen LogP contribution in [0, 0.1) is 5.82 Å². The maximum absolute atomic E-state index is 14.1. The molecule has 1 fully saturated rings. The summed E-state index contributed by atoms with van der Waals surface area (Å²) in [7, 11) is 1.92. The number of hydrogen-bond acceptors (Lipinski definition) is 3. The number of H-pyrrole nitrogens is 1. The average molecular weight is 340 g/mol. The zero-order valence-corrected chi connectivity index (χ0v) is 14.2. The van der Waals surface area contributed by atoms with Crippen LogP contribution in [-0.4, -0.2) is 26.2 Å². The quantitative estimate of drug-likeness (QED) is 0.797. The Morgan fingerprint density at radius 1 is 1.32 bits per heavy atom. The van der Waals surface area contributed by atoms with Crippen molar-refractivity contribution >= 4 is 10.9 Å². The average Bonchev–Trinajstić information content (AvgIpc) is 3.03. The van der Waals surface area contributed by atoms with Crippen molar-refractivity contribution in [3.63, 3.8) is 0 Å². The monoisotopic (exact) mass is 340 g/mol. The Morgan fingerprint density at radius 3 is 3.00 bits per heavy atom. The number of nitrogens with zero attached hydrogens (tertiary/aromatic N) is 3. The van der Waals surface area contributed by atoms with Gasteiger partial charge in [-0.3, -0.25) is 14.4 Å². The largest absolute Gasteiger partial charge is 0.355 e. The van der Waals surface area contributed by atoms with E-state index in [1.54, 1.807) is 18.2 Å². The Labute approximate surface area is 145 Å². The predicted molar refractivity (Wildman–Crippen MR) is 94.7 cm³/mol. The van der Waals surface area contributed by atoms with Crippen LogP contribution >= 0.6 is 0 Å². The molecule has 2 aromatic heterocycles. The number of hydrogen-bond donors (Lipinski definition) is 1. The first-order valence-electron chi connectivity index (χ1n) is 8.66. The van der Waals surface area contributed by atoms with Crippen LogP contribution in [0.3, 0.4) is 0 Å². The number of aromatic amines is 1. The van der Waals surface area contributed by atoms with Gasteiger partial charge in [-0.25, -0.2) is 4.39 Å². The number of rotatable bonds is 3. The van der Waals surface area contributed by atoms with Gasteiger partial charge in [-0.2, -0.15) is 5.10 Å². The molecular weight excluding hydrogens is 319 g/mol. The fourth-order valence-corrected chi connectivity index (χ4v) is 3.72. The number of aromatic nitrogens is 3. The maximum Gasteiger partial charge on any atom is 0.189 e. The molecule has 25 heavy (non-hydrogen) atoms. The molecule has 0 saturated carbocycles. The molecule has 1 atom stereocenters. The number of nitrogens with one attached hydrogen (secondary N) is 1. The van der Waals surface area contributed by atoms with Crippen LogP contribution in [0.4, 0.5) is 4.39 Å². The molecule has 5 nitrogen and oxygen atoms in total. The molecule has 0 radical (unpaired) electrons. The molecule has 1 aliphatic heterocycles. The van der Waals surface area contributed by atoms with Crippen molar-refractivity contribution in [3.8, 4) is 0 Å². The number of pyridine rings is 1. The molecule has 130 valence electrons. The van der Waals surface area contributed by atoms with Crippen LogP contribution in [0.2, 0.25) is 0 Å². The van der Waals surface area contributed by atoms with E-state index in [1.165, 1.54) is 12.5 Å². The van der Waals surface area contributed by atoms with Crippen LogP contribution in [0.5, 0.6) is 0 Å². The molecule has 1 aromatic carbocycles. The molecule has 1 N–H and O–H groups in total. The van der Waals surface area contributed by atoms with Crippen molar-refractivity contribution in [2.45, 2.75) is 31.8 Å². The molecule has 3 aromatic rings. The fraction of sp³-hybridized carbons (Fsp3) is 0.368. The lowest BCUT2D eigenvalue weighted by Gasteiger charge is -2.34. The third kappa shape index (κ3) is 3.09. The van der Waals surface area contributed by atoms with Crippen molar-refractivity contribution in [2.24, 2.45) is 7.05 Å². The lowest BCUT2D eigenvalue weighted by atomic mass is 9.99. The van der Waals surface area contributed by atoms with E-state index in [1.807, 2.05) is 24.0 Å². The normalized spacial score (nSPS) is 18.7. The lowest BCUT2D eigenvalue weighted by molar-refractivity contribution is 0.135. The second-order valence-electron chi connectivity index (χ2n) is 6.72. The van der Waals surface area contributed by atoms with E-state index in [9.17, 15) is 9.18 Å². The number of piperidine rings is 1. The van der Waals surface area contributed by atoms with Crippen molar-refractivity contribution in [2.75, 3.05) is 6.54 Å². The standard InChI is InChI=1S/C19H21FN4O/c1-23-10-8-16(22-23)17-7-2-3-9-24(17)12-13-11-18(25)14-5-4-6-15(20)19(14)21-13/h4-6,8,10-11,17H,2-3,7,9,12H2,1H3,(H,21,25)/t17-/m1/s1. The zero-order chi connectivity index (χ0) is 17.4. The van der Waals surface area contributed by atoms with Gasteiger partial charge in [0.15, 0.2) is 5.43 Å². The highest BCUT2D eigenvalue weighted by Crippen LogP contribution is 2.31. The van der Waals surface area contributed by atoms with E-state index in [0.717, 1.165) is 30.8 Å². The van der Waals surface area contributed by atoms with Gasteiger partial charge in [0.05, 0.1) is 17.3 Å². The van der Waals surface area contributed by atoms with Crippen LogP contribution in [0.15, 0.2) is 41.3 Å². The van der Waals surface area contributed by atoms with Gasteiger partial charge in [0.2, 0.25) is 0 Å². The molecule has 4 rings (SSSR count). The molecule has 0 amide bonds. The minimum atomic E-state index is -0.392. The van der Waals surface area contributed by atoms with E-state index < -0.39 is 5.82 Å². The number of fused-ring (bicyclic) bond motifs is 1. The summed E-state index contributed by atoms with van der Waals surface area (Å²) in [5.74, 6) is -0.392. The Morgan fingerprint density at radius 2 is 2.20 bits per heavy atom. The first-order chi connectivity index (χ1) is 12.1. The van der Waals surface area contributed by atoms with Gasteiger partial charge in [0.25, 0.3) is 0 Å². The summed E-state index contributed by atoms with van der Waals surface area (Å²) in [6.07, 6.45) is 5.29. The van der Waals surface area contributed by atoms with E-state index >= 15 is 0 Å². The van der Waals surface area contributed by atoms with Crippen LogP contribution < -0.4 is 5.43 Å². The van der Waals surface area contributed by atoms with E-state index in [-0.39, 0.29) is 17.0 Å². The second kappa shape index (κ2) is 6.44. The molecule has 1 aliphatic rings. The summed E-state index contributed by atoms with van der Waals surface area (Å²) in [4.78, 5) is 17.8. The van der Waals surface area contributed by atoms with Gasteiger partial charge < -0.3 is 4.98 Å². The summed E-state index contributed by atoms with van der Waals surface area (Å²) in [6.45, 7) is 1.53. The van der Waals surface area contributed by atoms with Crippen LogP contribution in [-0.2, 0) is 13.6 Å². The summed E-state index contributed by atoms with van der Waals surface area (Å²) in [5.41, 5.74) is 1.94. The Balaban J connectivity index is 1.67. The third-order valence-corrected chi connectivity index (χ3v) is 4.93. The minimum Gasteiger partial charge on any atom is -0.355 e. The predicted octanol–water partition coefficient (Wildman–Crippen LogP) is 3.13. The summed E-state index contributed by atoms with van der Waals surface area (Å²) < 4.78 is 15.9. The van der Waals surface area contributed by atoms with Gasteiger partial charge in [-0.1, -0.05) is 12.5 Å². The highest BCUT2D eigenvalue weighted by molar-refractivity contribution is 5.78. The number of likely N-dealkylation sites (tertiary alicyclic amines) is 1. The molecule has 0 aliphatic carbocycles. The molecule has 6 heteroatoms. The van der Waals surface area contributed by atoms with E-state index in [0.29, 0.717) is 11.9 Å². The molecule has 3 heterocycles. The first-order valence-corrected chi connectivity index (χ1v) is 8.66. The third-order valence-electron chi connectivity index (χ3n) is 4.93. The molecule has 0 bridgehead atoms. The highest BCUT2D eigenvalue weighted by atomic mass is 19.1. The topological polar surface area (TPSA) is 53.9 Å². The lowest BCUT2D eigenvalue weighted by Crippen LogP contribution is -2.33. The maximum atomic E-state index is 14.1. The second-order valence-corrected chi connectivity index (χ2v) is 6.72. The number of benzene rings is 1. The Kier molecular flexibility index (Phi) is 4.13. The van der Waals surface area contributed by atoms with Crippen molar-refractivity contribution in [1.82, 2.24) is 19.7 Å². The summed E-state index contributed by atoms with van der Waals surface area (Å²) >= 11 is 0. The Hall–Kier alpha value is -2.47. The van der Waals surface area contributed by atoms with Crippen molar-refractivity contribution < 1.29 is 4.39 Å². The fourth-order valence-electron chi connectivity index (χ4n) is 3.72. The molecule has 0 spiro atoms. The van der Waals surface area contributed by atoms with E-state index in [4.69, 9.17) is 0 Å². The van der Waals surface area contributed by atoms with Crippen LogP contribution in [0.25, 0.3) is 10.9 Å². The minimum absolute atomic E-state index is 0.144. The number of halogens is 1. The Bertz CT molecular complexity index is 961. The van der Waals surface area contributed by atoms with Crippen molar-refractivity contribution in [1.29, 1.82) is 0 Å². The van der Waals surface area contributed by atoms with Gasteiger partial charge >= 0.3 is 0 Å². The molecular formula is C19H21FN4O. The smallest absolute Gasteiger partial charge is 0.189 e. The molecule has 1 saturated heterocycles. The van der Waals surface area contributed by atoms with Gasteiger partial charge in [-0.05, 0) is 37.6 Å². The van der Waals surface area contributed by atoms with Crippen LogP contribution in [0.1, 0.15) is 36.7 Å².